The van der Waals surface area contributed by atoms with Crippen molar-refractivity contribution in [3.05, 3.63) is 34.9 Å². The van der Waals surface area contributed by atoms with Gasteiger partial charge in [-0.2, -0.15) is 0 Å². The van der Waals surface area contributed by atoms with Crippen LogP contribution in [0.4, 0.5) is 0 Å². The van der Waals surface area contributed by atoms with E-state index in [9.17, 15) is 0 Å². The quantitative estimate of drug-likeness (QED) is 0.816. The smallest absolute Gasteiger partial charge is 0.000799 e. The van der Waals surface area contributed by atoms with E-state index in [1.54, 1.807) is 5.56 Å². The van der Waals surface area contributed by atoms with Gasteiger partial charge in [-0.15, -0.1) is 0 Å². The fraction of sp³-hybridized carbons (Fsp3) is 0.600. The van der Waals surface area contributed by atoms with Gasteiger partial charge in [0, 0.05) is 6.54 Å². The Morgan fingerprint density at radius 1 is 1.25 bits per heavy atom. The molecule has 0 radical (unpaired) electrons. The molecule has 1 aliphatic carbocycles. The summed E-state index contributed by atoms with van der Waals surface area (Å²) in [6.45, 7) is 5.59. The zero-order valence-corrected chi connectivity index (χ0v) is 10.8. The van der Waals surface area contributed by atoms with Crippen molar-refractivity contribution in [2.45, 2.75) is 39.5 Å². The first-order valence-electron chi connectivity index (χ1n) is 6.36. The first kappa shape index (κ1) is 11.7. The lowest BCUT2D eigenvalue weighted by molar-refractivity contribution is 0.133. The third kappa shape index (κ3) is 2.30. The lowest BCUT2D eigenvalue weighted by atomic mass is 9.65. The number of nitrogens with one attached hydrogen (secondary N) is 1. The van der Waals surface area contributed by atoms with Gasteiger partial charge >= 0.3 is 0 Å². The molecule has 0 bridgehead atoms. The van der Waals surface area contributed by atoms with E-state index in [1.165, 1.54) is 43.4 Å². The molecule has 0 heterocycles. The Labute approximate surface area is 99.3 Å². The molecule has 1 aliphatic rings. The van der Waals surface area contributed by atoms with E-state index < -0.39 is 0 Å². The molecule has 1 aromatic carbocycles. The van der Waals surface area contributed by atoms with Gasteiger partial charge in [-0.25, -0.2) is 0 Å². The van der Waals surface area contributed by atoms with Gasteiger partial charge in [0.15, 0.2) is 0 Å². The molecule has 0 aliphatic heterocycles. The van der Waals surface area contributed by atoms with Crippen LogP contribution in [0, 0.1) is 19.3 Å². The Kier molecular flexibility index (Phi) is 3.34. The number of benzene rings is 1. The summed E-state index contributed by atoms with van der Waals surface area (Å²) in [4.78, 5) is 0. The summed E-state index contributed by atoms with van der Waals surface area (Å²) in [5.41, 5.74) is 4.94. The van der Waals surface area contributed by atoms with E-state index in [0.29, 0.717) is 5.41 Å². The second kappa shape index (κ2) is 4.58. The molecular weight excluding hydrogens is 194 g/mol. The number of aryl methyl sites for hydroxylation is 2. The minimum absolute atomic E-state index is 0.549. The van der Waals surface area contributed by atoms with Crippen molar-refractivity contribution in [1.82, 2.24) is 5.32 Å². The molecule has 16 heavy (non-hydrogen) atoms. The maximum atomic E-state index is 3.36. The van der Waals surface area contributed by atoms with Crippen LogP contribution in [-0.2, 0) is 6.42 Å². The lowest BCUT2D eigenvalue weighted by Gasteiger charge is -2.42. The van der Waals surface area contributed by atoms with Crippen LogP contribution in [0.3, 0.4) is 0 Å². The van der Waals surface area contributed by atoms with E-state index in [0.717, 1.165) is 0 Å². The van der Waals surface area contributed by atoms with Crippen molar-refractivity contribution in [3.63, 3.8) is 0 Å². The Balaban J connectivity index is 2.15. The molecule has 0 atom stereocenters. The molecular formula is C15H23N. The van der Waals surface area contributed by atoms with Crippen LogP contribution in [0.2, 0.25) is 0 Å². The van der Waals surface area contributed by atoms with Crippen molar-refractivity contribution in [3.8, 4) is 0 Å². The fourth-order valence-electron chi connectivity index (χ4n) is 2.86. The summed E-state index contributed by atoms with van der Waals surface area (Å²) >= 11 is 0. The molecule has 88 valence electrons. The Bertz CT molecular complexity index is 364. The lowest BCUT2D eigenvalue weighted by Crippen LogP contribution is -2.40. The Hall–Kier alpha value is -0.820. The van der Waals surface area contributed by atoms with Crippen LogP contribution < -0.4 is 5.32 Å². The summed E-state index contributed by atoms with van der Waals surface area (Å²) < 4.78 is 0. The van der Waals surface area contributed by atoms with Gasteiger partial charge in [-0.05, 0) is 56.7 Å². The molecule has 1 heteroatoms. The summed E-state index contributed by atoms with van der Waals surface area (Å²) in [6.07, 6.45) is 5.44. The highest BCUT2D eigenvalue weighted by atomic mass is 14.8. The normalized spacial score (nSPS) is 18.2. The average molecular weight is 217 g/mol. The first-order chi connectivity index (χ1) is 7.65. The molecule has 0 saturated heterocycles. The molecule has 0 spiro atoms. The monoisotopic (exact) mass is 217 g/mol. The van der Waals surface area contributed by atoms with E-state index in [4.69, 9.17) is 0 Å². The molecule has 1 nitrogen and oxygen atoms in total. The third-order valence-electron chi connectivity index (χ3n) is 4.04. The van der Waals surface area contributed by atoms with Crippen molar-refractivity contribution in [2.75, 3.05) is 13.6 Å². The molecule has 1 N–H and O–H groups in total. The van der Waals surface area contributed by atoms with Gasteiger partial charge in [-0.1, -0.05) is 30.2 Å². The van der Waals surface area contributed by atoms with Gasteiger partial charge in [0.05, 0.1) is 0 Å². The van der Waals surface area contributed by atoms with Crippen LogP contribution in [-0.4, -0.2) is 13.6 Å². The summed E-state index contributed by atoms with van der Waals surface area (Å²) in [5, 5.41) is 3.36. The minimum Gasteiger partial charge on any atom is -0.319 e. The minimum atomic E-state index is 0.549. The summed E-state index contributed by atoms with van der Waals surface area (Å²) in [7, 11) is 2.07. The van der Waals surface area contributed by atoms with E-state index in [2.05, 4.69) is 44.4 Å². The highest BCUT2D eigenvalue weighted by molar-refractivity contribution is 5.31. The molecule has 0 unspecified atom stereocenters. The molecule has 0 amide bonds. The van der Waals surface area contributed by atoms with Crippen molar-refractivity contribution >= 4 is 0 Å². The largest absolute Gasteiger partial charge is 0.319 e. The number of rotatable bonds is 4. The maximum Gasteiger partial charge on any atom is 0.000799 e. The van der Waals surface area contributed by atoms with Crippen LogP contribution in [0.1, 0.15) is 36.0 Å². The molecule has 2 rings (SSSR count). The van der Waals surface area contributed by atoms with Gasteiger partial charge in [0.2, 0.25) is 0 Å². The van der Waals surface area contributed by atoms with Crippen LogP contribution in [0.15, 0.2) is 18.2 Å². The second-order valence-electron chi connectivity index (χ2n) is 5.49. The molecule has 1 aromatic rings. The Morgan fingerprint density at radius 2 is 2.00 bits per heavy atom. The van der Waals surface area contributed by atoms with E-state index >= 15 is 0 Å². The predicted octanol–water partition coefficient (Wildman–Crippen LogP) is 3.24. The molecule has 1 fully saturated rings. The van der Waals surface area contributed by atoms with Crippen LogP contribution >= 0.6 is 0 Å². The van der Waals surface area contributed by atoms with E-state index in [1.807, 2.05) is 0 Å². The number of hydrogen-bond acceptors (Lipinski definition) is 1. The maximum absolute atomic E-state index is 3.36. The zero-order valence-electron chi connectivity index (χ0n) is 10.8. The highest BCUT2D eigenvalue weighted by Gasteiger charge is 2.36. The zero-order chi connectivity index (χ0) is 11.6. The highest BCUT2D eigenvalue weighted by Crippen LogP contribution is 2.43. The van der Waals surface area contributed by atoms with Gasteiger partial charge in [0.25, 0.3) is 0 Å². The molecule has 0 aromatic heterocycles. The number of hydrogen-bond donors (Lipinski definition) is 1. The first-order valence-corrected chi connectivity index (χ1v) is 6.36. The van der Waals surface area contributed by atoms with E-state index in [-0.39, 0.29) is 0 Å². The van der Waals surface area contributed by atoms with Crippen LogP contribution in [0.5, 0.6) is 0 Å². The predicted molar refractivity (Wildman–Crippen MR) is 69.8 cm³/mol. The second-order valence-corrected chi connectivity index (χ2v) is 5.49. The topological polar surface area (TPSA) is 12.0 Å². The van der Waals surface area contributed by atoms with Gasteiger partial charge < -0.3 is 5.32 Å². The third-order valence-corrected chi connectivity index (χ3v) is 4.04. The van der Waals surface area contributed by atoms with Crippen molar-refractivity contribution in [2.24, 2.45) is 5.41 Å². The van der Waals surface area contributed by atoms with Gasteiger partial charge in [-0.3, -0.25) is 0 Å². The van der Waals surface area contributed by atoms with Crippen molar-refractivity contribution < 1.29 is 0 Å². The molecule has 1 saturated carbocycles. The Morgan fingerprint density at radius 3 is 2.56 bits per heavy atom. The fourth-order valence-corrected chi connectivity index (χ4v) is 2.86. The summed E-state index contributed by atoms with van der Waals surface area (Å²) in [6, 6.07) is 6.84. The SMILES string of the molecule is CNCC1(Cc2cc(C)ccc2C)CCC1. The summed E-state index contributed by atoms with van der Waals surface area (Å²) in [5.74, 6) is 0. The van der Waals surface area contributed by atoms with Gasteiger partial charge in [0.1, 0.15) is 0 Å². The van der Waals surface area contributed by atoms with Crippen LogP contribution in [0.25, 0.3) is 0 Å². The standard InChI is InChI=1S/C15H23N/c1-12-5-6-13(2)14(9-12)10-15(11-16-3)7-4-8-15/h5-6,9,16H,4,7-8,10-11H2,1-3H3. The van der Waals surface area contributed by atoms with Crippen molar-refractivity contribution in [1.29, 1.82) is 0 Å². The average Bonchev–Trinajstić information content (AvgIpc) is 2.20.